The number of hydrogen-bond donors (Lipinski definition) is 1. The van der Waals surface area contributed by atoms with E-state index in [1.165, 1.54) is 16.1 Å². The Morgan fingerprint density at radius 1 is 1.16 bits per heavy atom. The van der Waals surface area contributed by atoms with Crippen molar-refractivity contribution in [3.63, 3.8) is 0 Å². The third-order valence-corrected chi connectivity index (χ3v) is 4.20. The lowest BCUT2D eigenvalue weighted by molar-refractivity contribution is 1.01. The highest BCUT2D eigenvalue weighted by Gasteiger charge is 2.02. The van der Waals surface area contributed by atoms with E-state index in [0.717, 1.165) is 23.8 Å². The maximum atomic E-state index is 4.48. The zero-order valence-corrected chi connectivity index (χ0v) is 12.8. The Kier molecular flexibility index (Phi) is 4.43. The van der Waals surface area contributed by atoms with Crippen LogP contribution >= 0.6 is 11.3 Å². The molecule has 0 radical (unpaired) electrons. The van der Waals surface area contributed by atoms with Crippen LogP contribution in [0.5, 0.6) is 0 Å². The van der Waals surface area contributed by atoms with Gasteiger partial charge in [-0.2, -0.15) is 0 Å². The molecule has 0 amide bonds. The molecule has 0 atom stereocenters. The first kappa shape index (κ1) is 13.9. The highest BCUT2D eigenvalue weighted by atomic mass is 32.1. The average molecular weight is 275 g/mol. The third-order valence-electron chi connectivity index (χ3n) is 3.17. The molecule has 0 bridgehead atoms. The van der Waals surface area contributed by atoms with Crippen LogP contribution in [-0.2, 0) is 6.42 Å². The van der Waals surface area contributed by atoms with Gasteiger partial charge >= 0.3 is 0 Å². The molecule has 0 aliphatic heterocycles. The molecule has 0 spiro atoms. The van der Waals surface area contributed by atoms with E-state index in [4.69, 9.17) is 0 Å². The minimum absolute atomic E-state index is 0.924. The van der Waals surface area contributed by atoms with Gasteiger partial charge in [0.1, 0.15) is 0 Å². The molecule has 2 aromatic rings. The molecule has 0 fully saturated rings. The van der Waals surface area contributed by atoms with Crippen LogP contribution in [0.15, 0.2) is 24.3 Å². The summed E-state index contributed by atoms with van der Waals surface area (Å²) in [5.74, 6) is 0. The topological polar surface area (TPSA) is 28.2 Å². The Morgan fingerprint density at radius 3 is 2.37 bits per heavy atom. The molecular weight excluding hydrogens is 254 g/mol. The smallest absolute Gasteiger partial charge is 0.183 e. The van der Waals surface area contributed by atoms with E-state index in [1.54, 1.807) is 11.3 Å². The molecule has 0 saturated carbocycles. The van der Waals surface area contributed by atoms with Crippen molar-refractivity contribution in [3.8, 4) is 0 Å². The number of anilines is 2. The lowest BCUT2D eigenvalue weighted by Crippen LogP contribution is -2.09. The van der Waals surface area contributed by atoms with E-state index in [1.807, 2.05) is 0 Å². The Labute approximate surface area is 119 Å². The fourth-order valence-electron chi connectivity index (χ4n) is 1.82. The minimum atomic E-state index is 0.924. The van der Waals surface area contributed by atoms with Crippen LogP contribution in [0.4, 0.5) is 10.8 Å². The zero-order valence-electron chi connectivity index (χ0n) is 12.0. The first-order valence-corrected chi connectivity index (χ1v) is 7.32. The maximum absolute atomic E-state index is 4.48. The summed E-state index contributed by atoms with van der Waals surface area (Å²) in [6.45, 7) is 5.09. The predicted molar refractivity (Wildman–Crippen MR) is 84.6 cm³/mol. The fraction of sp³-hybridized carbons (Fsp3) is 0.400. The van der Waals surface area contributed by atoms with Crippen LogP contribution in [0, 0.1) is 13.8 Å². The Morgan fingerprint density at radius 2 is 1.84 bits per heavy atom. The third kappa shape index (κ3) is 3.70. The van der Waals surface area contributed by atoms with Crippen LogP contribution in [0.2, 0.25) is 0 Å². The molecule has 0 aliphatic rings. The number of thiazole rings is 1. The standard InChI is InChI=1S/C15H21N3S/c1-11-12(2)19-15(17-11)16-10-9-13-5-7-14(8-6-13)18(3)4/h5-8H,9-10H2,1-4H3,(H,16,17). The van der Waals surface area contributed by atoms with Crippen LogP contribution in [-0.4, -0.2) is 25.6 Å². The summed E-state index contributed by atoms with van der Waals surface area (Å²) in [6, 6.07) is 8.70. The maximum Gasteiger partial charge on any atom is 0.183 e. The van der Waals surface area contributed by atoms with E-state index in [0.29, 0.717) is 0 Å². The Balaban J connectivity index is 1.85. The van der Waals surface area contributed by atoms with Crippen molar-refractivity contribution in [2.24, 2.45) is 0 Å². The van der Waals surface area contributed by atoms with E-state index in [-0.39, 0.29) is 0 Å². The van der Waals surface area contributed by atoms with Gasteiger partial charge in [-0.25, -0.2) is 4.98 Å². The Hall–Kier alpha value is -1.55. The monoisotopic (exact) mass is 275 g/mol. The molecule has 1 heterocycles. The van der Waals surface area contributed by atoms with Gasteiger partial charge < -0.3 is 10.2 Å². The summed E-state index contributed by atoms with van der Waals surface area (Å²) in [5.41, 5.74) is 3.72. The van der Waals surface area contributed by atoms with E-state index in [9.17, 15) is 0 Å². The van der Waals surface area contributed by atoms with Gasteiger partial charge in [-0.1, -0.05) is 12.1 Å². The van der Waals surface area contributed by atoms with E-state index in [2.05, 4.69) is 67.4 Å². The summed E-state index contributed by atoms with van der Waals surface area (Å²) in [6.07, 6.45) is 1.02. The van der Waals surface area contributed by atoms with Gasteiger partial charge in [-0.15, -0.1) is 11.3 Å². The largest absolute Gasteiger partial charge is 0.378 e. The summed E-state index contributed by atoms with van der Waals surface area (Å²) in [7, 11) is 4.12. The highest BCUT2D eigenvalue weighted by molar-refractivity contribution is 7.15. The lowest BCUT2D eigenvalue weighted by atomic mass is 10.1. The summed E-state index contributed by atoms with van der Waals surface area (Å²) in [4.78, 5) is 7.88. The quantitative estimate of drug-likeness (QED) is 0.905. The molecule has 19 heavy (non-hydrogen) atoms. The molecular formula is C15H21N3S. The van der Waals surface area contributed by atoms with Crippen molar-refractivity contribution < 1.29 is 0 Å². The molecule has 0 saturated heterocycles. The van der Waals surface area contributed by atoms with E-state index < -0.39 is 0 Å². The van der Waals surface area contributed by atoms with Crippen LogP contribution in [0.1, 0.15) is 16.1 Å². The van der Waals surface area contributed by atoms with Crippen LogP contribution in [0.3, 0.4) is 0 Å². The van der Waals surface area contributed by atoms with Crippen molar-refractivity contribution >= 4 is 22.2 Å². The molecule has 1 aromatic heterocycles. The second kappa shape index (κ2) is 6.06. The second-order valence-electron chi connectivity index (χ2n) is 4.90. The molecule has 2 rings (SSSR count). The van der Waals surface area contributed by atoms with Crippen LogP contribution < -0.4 is 10.2 Å². The number of hydrogen-bond acceptors (Lipinski definition) is 4. The molecule has 3 nitrogen and oxygen atoms in total. The summed E-state index contributed by atoms with van der Waals surface area (Å²) >= 11 is 1.73. The first-order chi connectivity index (χ1) is 9.06. The Bertz CT molecular complexity index is 509. The normalized spacial score (nSPS) is 10.5. The van der Waals surface area contributed by atoms with Gasteiger partial charge in [0.05, 0.1) is 5.69 Å². The SMILES string of the molecule is Cc1nc(NCCc2ccc(N(C)C)cc2)sc1C. The fourth-order valence-corrected chi connectivity index (χ4v) is 2.66. The van der Waals surface area contributed by atoms with Crippen molar-refractivity contribution in [2.45, 2.75) is 20.3 Å². The zero-order chi connectivity index (χ0) is 13.8. The molecule has 0 unspecified atom stereocenters. The first-order valence-electron chi connectivity index (χ1n) is 6.50. The van der Waals surface area contributed by atoms with Crippen molar-refractivity contribution in [1.82, 2.24) is 4.98 Å². The predicted octanol–water partition coefficient (Wildman–Crippen LogP) is 3.48. The van der Waals surface area contributed by atoms with Crippen molar-refractivity contribution in [1.29, 1.82) is 0 Å². The highest BCUT2D eigenvalue weighted by Crippen LogP contribution is 2.21. The van der Waals surface area contributed by atoms with Crippen molar-refractivity contribution in [3.05, 3.63) is 40.4 Å². The van der Waals surface area contributed by atoms with Gasteiger partial charge in [0, 0.05) is 31.2 Å². The molecule has 0 aliphatic carbocycles. The van der Waals surface area contributed by atoms with Gasteiger partial charge in [-0.05, 0) is 38.0 Å². The van der Waals surface area contributed by atoms with Gasteiger partial charge in [0.15, 0.2) is 5.13 Å². The number of nitrogens with zero attached hydrogens (tertiary/aromatic N) is 2. The van der Waals surface area contributed by atoms with Gasteiger partial charge in [0.2, 0.25) is 0 Å². The van der Waals surface area contributed by atoms with E-state index >= 15 is 0 Å². The number of aromatic nitrogens is 1. The molecule has 1 aromatic carbocycles. The second-order valence-corrected chi connectivity index (χ2v) is 6.10. The molecule has 4 heteroatoms. The molecule has 102 valence electrons. The summed E-state index contributed by atoms with van der Waals surface area (Å²) in [5, 5.41) is 4.42. The average Bonchev–Trinajstić information content (AvgIpc) is 2.69. The van der Waals surface area contributed by atoms with Gasteiger partial charge in [-0.3, -0.25) is 0 Å². The van der Waals surface area contributed by atoms with Crippen molar-refractivity contribution in [2.75, 3.05) is 30.9 Å². The lowest BCUT2D eigenvalue weighted by Gasteiger charge is -2.12. The number of aryl methyl sites for hydroxylation is 2. The minimum Gasteiger partial charge on any atom is -0.378 e. The number of benzene rings is 1. The number of rotatable bonds is 5. The van der Waals surface area contributed by atoms with Crippen LogP contribution in [0.25, 0.3) is 0 Å². The molecule has 1 N–H and O–H groups in total. The van der Waals surface area contributed by atoms with Gasteiger partial charge in [0.25, 0.3) is 0 Å². The summed E-state index contributed by atoms with van der Waals surface area (Å²) < 4.78 is 0. The number of nitrogens with one attached hydrogen (secondary N) is 1.